The molecule has 0 spiro atoms. The fourth-order valence-corrected chi connectivity index (χ4v) is 4.44. The van der Waals surface area contributed by atoms with Crippen LogP contribution in [0.3, 0.4) is 0 Å². The molecule has 0 atom stereocenters. The molecule has 1 aromatic carbocycles. The van der Waals surface area contributed by atoms with Gasteiger partial charge >= 0.3 is 0 Å². The van der Waals surface area contributed by atoms with E-state index in [1.165, 1.54) is 16.9 Å². The van der Waals surface area contributed by atoms with Crippen LogP contribution in [0.25, 0.3) is 0 Å². The van der Waals surface area contributed by atoms with E-state index in [1.54, 1.807) is 0 Å². The van der Waals surface area contributed by atoms with Crippen LogP contribution >= 0.6 is 11.3 Å². The highest BCUT2D eigenvalue weighted by Crippen LogP contribution is 2.23. The van der Waals surface area contributed by atoms with E-state index in [1.807, 2.05) is 47.7 Å². The molecule has 0 N–H and O–H groups in total. The Kier molecular flexibility index (Phi) is 6.45. The van der Waals surface area contributed by atoms with Crippen molar-refractivity contribution in [3.05, 3.63) is 81.3 Å². The fraction of sp³-hybridized carbons (Fsp3) is 0.333. The predicted molar refractivity (Wildman–Crippen MR) is 120 cm³/mol. The Hall–Kier alpha value is -2.70. The Morgan fingerprint density at radius 2 is 1.93 bits per heavy atom. The molecule has 0 saturated carbocycles. The topological polar surface area (TPSA) is 45.7 Å². The van der Waals surface area contributed by atoms with Crippen molar-refractivity contribution in [1.29, 1.82) is 0 Å². The molecule has 1 amide bonds. The molecule has 0 bridgehead atoms. The van der Waals surface area contributed by atoms with Crippen LogP contribution in [0.2, 0.25) is 0 Å². The molecule has 156 valence electrons. The third-order valence-electron chi connectivity index (χ3n) is 5.37. The molecule has 1 aliphatic heterocycles. The first-order valence-corrected chi connectivity index (χ1v) is 11.2. The van der Waals surface area contributed by atoms with E-state index >= 15 is 0 Å². The zero-order chi connectivity index (χ0) is 20.9. The van der Waals surface area contributed by atoms with Gasteiger partial charge in [0, 0.05) is 44.5 Å². The molecule has 4 rings (SSSR count). The van der Waals surface area contributed by atoms with Crippen molar-refractivity contribution in [3.63, 3.8) is 0 Å². The van der Waals surface area contributed by atoms with Crippen molar-refractivity contribution in [3.8, 4) is 5.75 Å². The molecule has 30 heavy (non-hydrogen) atoms. The van der Waals surface area contributed by atoms with Crippen LogP contribution in [0.1, 0.15) is 32.1 Å². The lowest BCUT2D eigenvalue weighted by Crippen LogP contribution is -2.48. The van der Waals surface area contributed by atoms with Gasteiger partial charge in [-0.05, 0) is 54.6 Å². The molecule has 1 saturated heterocycles. The third kappa shape index (κ3) is 5.07. The van der Waals surface area contributed by atoms with Crippen LogP contribution in [0.15, 0.2) is 54.0 Å². The molecule has 0 unspecified atom stereocenters. The average molecular weight is 422 g/mol. The maximum atomic E-state index is 12.9. The van der Waals surface area contributed by atoms with Crippen molar-refractivity contribution in [2.75, 3.05) is 26.2 Å². The zero-order valence-corrected chi connectivity index (χ0v) is 18.3. The minimum absolute atomic E-state index is 0.121. The number of ether oxygens (including phenoxy) is 1. The summed E-state index contributed by atoms with van der Waals surface area (Å²) in [5.74, 6) is 1.02. The molecule has 1 fully saturated rings. The highest BCUT2D eigenvalue weighted by atomic mass is 32.1. The smallest absolute Gasteiger partial charge is 0.264 e. The quantitative estimate of drug-likeness (QED) is 0.595. The Balaban J connectivity index is 1.29. The number of hydrogen-bond donors (Lipinski definition) is 0. The number of hydrogen-bond acceptors (Lipinski definition) is 5. The maximum Gasteiger partial charge on any atom is 0.264 e. The third-order valence-corrected chi connectivity index (χ3v) is 6.34. The first-order valence-electron chi connectivity index (χ1n) is 10.3. The Labute approximate surface area is 181 Å². The average Bonchev–Trinajstić information content (AvgIpc) is 3.24. The van der Waals surface area contributed by atoms with Crippen molar-refractivity contribution < 1.29 is 9.53 Å². The summed E-state index contributed by atoms with van der Waals surface area (Å²) >= 11 is 1.50. The zero-order valence-electron chi connectivity index (χ0n) is 17.5. The van der Waals surface area contributed by atoms with Gasteiger partial charge in [-0.2, -0.15) is 0 Å². The van der Waals surface area contributed by atoms with Crippen molar-refractivity contribution in [2.24, 2.45) is 0 Å². The summed E-state index contributed by atoms with van der Waals surface area (Å²) in [4.78, 5) is 22.4. The number of nitrogens with zero attached hydrogens (tertiary/aromatic N) is 3. The monoisotopic (exact) mass is 421 g/mol. The van der Waals surface area contributed by atoms with Gasteiger partial charge in [0.15, 0.2) is 0 Å². The van der Waals surface area contributed by atoms with Gasteiger partial charge in [0.2, 0.25) is 0 Å². The van der Waals surface area contributed by atoms with Crippen LogP contribution in [-0.4, -0.2) is 46.9 Å². The molecule has 3 aromatic rings. The van der Waals surface area contributed by atoms with Gasteiger partial charge in [-0.15, -0.1) is 11.3 Å². The highest BCUT2D eigenvalue weighted by Gasteiger charge is 2.23. The van der Waals surface area contributed by atoms with Gasteiger partial charge in [-0.3, -0.25) is 14.7 Å². The second-order valence-electron chi connectivity index (χ2n) is 7.77. The SMILES string of the molecule is Cc1ccc(C)c(OCc2csc(C(=O)N3CCN(Cc4ccccn4)CC3)c2)c1. The van der Waals surface area contributed by atoms with Crippen molar-refractivity contribution >= 4 is 17.2 Å². The lowest BCUT2D eigenvalue weighted by molar-refractivity contribution is 0.0631. The van der Waals surface area contributed by atoms with E-state index in [0.29, 0.717) is 6.61 Å². The largest absolute Gasteiger partial charge is 0.489 e. The van der Waals surface area contributed by atoms with E-state index in [-0.39, 0.29) is 5.91 Å². The van der Waals surface area contributed by atoms with E-state index in [4.69, 9.17) is 4.74 Å². The predicted octanol–water partition coefficient (Wildman–Crippen LogP) is 4.30. The van der Waals surface area contributed by atoms with E-state index in [0.717, 1.165) is 60.2 Å². The lowest BCUT2D eigenvalue weighted by atomic mass is 10.1. The number of piperazine rings is 1. The number of aromatic nitrogens is 1. The summed E-state index contributed by atoms with van der Waals surface area (Å²) in [6.07, 6.45) is 1.83. The molecular formula is C24H27N3O2S. The van der Waals surface area contributed by atoms with E-state index in [9.17, 15) is 4.79 Å². The summed E-state index contributed by atoms with van der Waals surface area (Å²) in [6.45, 7) is 8.66. The molecular weight excluding hydrogens is 394 g/mol. The first-order chi connectivity index (χ1) is 14.6. The van der Waals surface area contributed by atoms with Gasteiger partial charge in [-0.25, -0.2) is 0 Å². The highest BCUT2D eigenvalue weighted by molar-refractivity contribution is 7.12. The molecule has 6 heteroatoms. The van der Waals surface area contributed by atoms with Gasteiger partial charge < -0.3 is 9.64 Å². The molecule has 0 aliphatic carbocycles. The summed E-state index contributed by atoms with van der Waals surface area (Å²) in [7, 11) is 0. The number of carbonyl (C=O) groups is 1. The fourth-order valence-electron chi connectivity index (χ4n) is 3.57. The van der Waals surface area contributed by atoms with Crippen LogP contribution in [-0.2, 0) is 13.2 Å². The van der Waals surface area contributed by atoms with Crippen LogP contribution in [0.5, 0.6) is 5.75 Å². The summed E-state index contributed by atoms with van der Waals surface area (Å²) in [5.41, 5.74) is 4.41. The van der Waals surface area contributed by atoms with E-state index < -0.39 is 0 Å². The van der Waals surface area contributed by atoms with Gasteiger partial charge in [0.05, 0.1) is 10.6 Å². The number of rotatable bonds is 6. The van der Waals surface area contributed by atoms with Gasteiger partial charge in [0.25, 0.3) is 5.91 Å². The summed E-state index contributed by atoms with van der Waals surface area (Å²) in [5, 5.41) is 2.02. The van der Waals surface area contributed by atoms with Crippen LogP contribution < -0.4 is 4.74 Å². The molecule has 2 aromatic heterocycles. The number of carbonyl (C=O) groups excluding carboxylic acids is 1. The summed E-state index contributed by atoms with van der Waals surface area (Å²) in [6, 6.07) is 14.2. The first kappa shape index (κ1) is 20.6. The minimum Gasteiger partial charge on any atom is -0.489 e. The molecule has 5 nitrogen and oxygen atoms in total. The van der Waals surface area contributed by atoms with Crippen molar-refractivity contribution in [2.45, 2.75) is 27.0 Å². The number of pyridine rings is 1. The molecule has 1 aliphatic rings. The van der Waals surface area contributed by atoms with Crippen molar-refractivity contribution in [1.82, 2.24) is 14.8 Å². The second kappa shape index (κ2) is 9.41. The normalized spacial score (nSPS) is 14.7. The van der Waals surface area contributed by atoms with Crippen LogP contribution in [0.4, 0.5) is 0 Å². The number of benzene rings is 1. The second-order valence-corrected chi connectivity index (χ2v) is 8.68. The lowest BCUT2D eigenvalue weighted by Gasteiger charge is -2.34. The Morgan fingerprint density at radius 1 is 1.10 bits per heavy atom. The molecule has 3 heterocycles. The number of thiophene rings is 1. The number of aryl methyl sites for hydroxylation is 2. The van der Waals surface area contributed by atoms with E-state index in [2.05, 4.69) is 35.0 Å². The molecule has 0 radical (unpaired) electrons. The Morgan fingerprint density at radius 3 is 2.70 bits per heavy atom. The van der Waals surface area contributed by atoms with Gasteiger partial charge in [0.1, 0.15) is 12.4 Å². The van der Waals surface area contributed by atoms with Crippen LogP contribution in [0, 0.1) is 13.8 Å². The Bertz CT molecular complexity index is 995. The number of amides is 1. The van der Waals surface area contributed by atoms with Gasteiger partial charge in [-0.1, -0.05) is 18.2 Å². The maximum absolute atomic E-state index is 12.9. The minimum atomic E-state index is 0.121. The summed E-state index contributed by atoms with van der Waals surface area (Å²) < 4.78 is 5.98. The standard InChI is InChI=1S/C24H27N3O2S/c1-18-6-7-19(2)22(13-18)29-16-20-14-23(30-17-20)24(28)27-11-9-26(10-12-27)15-21-5-3-4-8-25-21/h3-8,13-14,17H,9-12,15-16H2,1-2H3.